The van der Waals surface area contributed by atoms with E-state index in [0.717, 1.165) is 68.7 Å². The van der Waals surface area contributed by atoms with Gasteiger partial charge in [-0.25, -0.2) is 9.97 Å². The lowest BCUT2D eigenvalue weighted by Gasteiger charge is -2.37. The Hall–Kier alpha value is -3.05. The van der Waals surface area contributed by atoms with Crippen LogP contribution in [0.25, 0.3) is 11.3 Å². The van der Waals surface area contributed by atoms with E-state index in [-0.39, 0.29) is 24.9 Å². The summed E-state index contributed by atoms with van der Waals surface area (Å²) in [5.74, 6) is 1.39. The first-order valence-electron chi connectivity index (χ1n) is 13.0. The predicted octanol–water partition coefficient (Wildman–Crippen LogP) is 3.09. The molecule has 3 saturated heterocycles. The fraction of sp³-hybridized carbons (Fsp3) is 0.519. The summed E-state index contributed by atoms with van der Waals surface area (Å²) >= 11 is 0. The minimum Gasteiger partial charge on any atom is -0.433 e. The highest BCUT2D eigenvalue weighted by Gasteiger charge is 2.39. The van der Waals surface area contributed by atoms with Gasteiger partial charge in [-0.15, -0.1) is 0 Å². The van der Waals surface area contributed by atoms with E-state index in [0.29, 0.717) is 23.4 Å². The maximum absolute atomic E-state index is 11.1. The molecule has 0 aliphatic carbocycles. The molecule has 10 heteroatoms. The molecule has 0 bridgehead atoms. The molecule has 0 amide bonds. The van der Waals surface area contributed by atoms with Crippen LogP contribution in [0.4, 0.5) is 5.82 Å². The average molecular weight is 507 g/mol. The third-order valence-electron chi connectivity index (χ3n) is 7.78. The van der Waals surface area contributed by atoms with E-state index in [1.54, 1.807) is 12.4 Å². The van der Waals surface area contributed by atoms with Crippen molar-refractivity contribution in [1.29, 1.82) is 0 Å². The van der Waals surface area contributed by atoms with Crippen LogP contribution in [-0.2, 0) is 15.1 Å². The Bertz CT molecular complexity index is 1250. The minimum absolute atomic E-state index is 0.211. The van der Waals surface area contributed by atoms with Crippen molar-refractivity contribution < 1.29 is 19.3 Å². The lowest BCUT2D eigenvalue weighted by Crippen LogP contribution is -2.46. The third kappa shape index (κ3) is 5.06. The predicted molar refractivity (Wildman–Crippen MR) is 137 cm³/mol. The summed E-state index contributed by atoms with van der Waals surface area (Å²) in [7, 11) is 2.14. The quantitative estimate of drug-likeness (QED) is 0.519. The number of nitrogens with two attached hydrogens (primary N) is 1. The zero-order valence-electron chi connectivity index (χ0n) is 21.2. The Balaban J connectivity index is 1.28. The van der Waals surface area contributed by atoms with E-state index in [9.17, 15) is 5.11 Å². The van der Waals surface area contributed by atoms with E-state index in [1.807, 2.05) is 16.9 Å². The normalized spacial score (nSPS) is 21.0. The van der Waals surface area contributed by atoms with E-state index in [4.69, 9.17) is 24.9 Å². The van der Waals surface area contributed by atoms with Gasteiger partial charge in [0, 0.05) is 18.8 Å². The fourth-order valence-electron chi connectivity index (χ4n) is 5.34. The van der Waals surface area contributed by atoms with Crippen molar-refractivity contribution in [2.75, 3.05) is 52.3 Å². The first kappa shape index (κ1) is 24.3. The number of piperidine rings is 1. The monoisotopic (exact) mass is 506 g/mol. The summed E-state index contributed by atoms with van der Waals surface area (Å²) < 4.78 is 18.9. The number of aromatic nitrogens is 4. The Morgan fingerprint density at radius 1 is 1.05 bits per heavy atom. The van der Waals surface area contributed by atoms with Crippen molar-refractivity contribution >= 4 is 5.82 Å². The average Bonchev–Trinajstić information content (AvgIpc) is 3.37. The molecular weight excluding hydrogens is 472 g/mol. The number of nitrogens with zero attached hydrogens (tertiary/aromatic N) is 5. The van der Waals surface area contributed by atoms with Gasteiger partial charge in [-0.05, 0) is 75.0 Å². The van der Waals surface area contributed by atoms with Crippen molar-refractivity contribution in [3.8, 4) is 22.9 Å². The lowest BCUT2D eigenvalue weighted by atomic mass is 9.84. The largest absolute Gasteiger partial charge is 0.433 e. The zero-order valence-corrected chi connectivity index (χ0v) is 21.2. The maximum atomic E-state index is 11.1. The van der Waals surface area contributed by atoms with Gasteiger partial charge in [-0.2, -0.15) is 5.10 Å². The molecular formula is C27H34N6O4. The van der Waals surface area contributed by atoms with Crippen molar-refractivity contribution in [2.24, 2.45) is 0 Å². The molecule has 3 N–H and O–H groups in total. The van der Waals surface area contributed by atoms with Crippen LogP contribution in [0.15, 0.2) is 36.8 Å². The molecule has 0 atom stereocenters. The molecule has 0 spiro atoms. The molecule has 0 radical (unpaired) electrons. The van der Waals surface area contributed by atoms with E-state index in [2.05, 4.69) is 34.2 Å². The molecule has 3 aliphatic heterocycles. The second-order valence-corrected chi connectivity index (χ2v) is 10.5. The number of nitrogen functional groups attached to an aromatic ring is 1. The molecule has 196 valence electrons. The molecule has 10 nitrogen and oxygen atoms in total. The number of hydrogen-bond acceptors (Lipinski definition) is 9. The van der Waals surface area contributed by atoms with Crippen molar-refractivity contribution in [3.63, 3.8) is 0 Å². The summed E-state index contributed by atoms with van der Waals surface area (Å²) in [6, 6.07) is 6.55. The third-order valence-corrected chi connectivity index (χ3v) is 7.78. The van der Waals surface area contributed by atoms with Gasteiger partial charge >= 0.3 is 0 Å². The zero-order chi connectivity index (χ0) is 25.4. The van der Waals surface area contributed by atoms with Crippen molar-refractivity contribution in [3.05, 3.63) is 47.9 Å². The highest BCUT2D eigenvalue weighted by atomic mass is 16.5. The van der Waals surface area contributed by atoms with Gasteiger partial charge in [0.2, 0.25) is 0 Å². The highest BCUT2D eigenvalue weighted by Crippen LogP contribution is 2.38. The van der Waals surface area contributed by atoms with Crippen LogP contribution in [0, 0.1) is 0 Å². The molecule has 3 aromatic rings. The Morgan fingerprint density at radius 2 is 1.84 bits per heavy atom. The molecule has 6 rings (SSSR count). The van der Waals surface area contributed by atoms with Crippen molar-refractivity contribution in [1.82, 2.24) is 24.6 Å². The fourth-order valence-corrected chi connectivity index (χ4v) is 5.34. The number of benzene rings is 1. The highest BCUT2D eigenvalue weighted by molar-refractivity contribution is 5.64. The van der Waals surface area contributed by atoms with E-state index in [1.165, 1.54) is 0 Å². The summed E-state index contributed by atoms with van der Waals surface area (Å²) in [5, 5.41) is 15.6. The van der Waals surface area contributed by atoms with E-state index >= 15 is 0 Å². The van der Waals surface area contributed by atoms with Gasteiger partial charge in [0.25, 0.3) is 5.88 Å². The van der Waals surface area contributed by atoms with Crippen LogP contribution < -0.4 is 10.5 Å². The lowest BCUT2D eigenvalue weighted by molar-refractivity contribution is -0.184. The van der Waals surface area contributed by atoms with Crippen LogP contribution in [-0.4, -0.2) is 76.3 Å². The van der Waals surface area contributed by atoms with Gasteiger partial charge in [-0.3, -0.25) is 4.68 Å². The number of likely N-dealkylation sites (tertiary alicyclic amines) is 1. The SMILES string of the molecule is CN1CCC(n2cc(Oc3nc(-c4cc(C5CCOCC5)cc(C5(O)COC5)c4)cnc3N)cn2)CC1. The smallest absolute Gasteiger partial charge is 0.263 e. The molecule has 5 heterocycles. The molecule has 0 unspecified atom stereocenters. The first-order chi connectivity index (χ1) is 18.0. The maximum Gasteiger partial charge on any atom is 0.263 e. The standard InChI is InChI=1S/C27H34N6O4/c1-32-6-2-22(3-7-32)33-15-23(13-30-33)37-26-25(28)29-14-24(31-26)20-10-19(18-4-8-35-9-5-18)11-21(12-20)27(34)16-36-17-27/h10-15,18,22,34H,2-9,16-17H2,1H3,(H2,28,29). The van der Waals surface area contributed by atoms with Crippen molar-refractivity contribution in [2.45, 2.75) is 43.2 Å². The number of hydrogen-bond donors (Lipinski definition) is 2. The topological polar surface area (TPSA) is 121 Å². The number of aliphatic hydroxyl groups is 1. The summed E-state index contributed by atoms with van der Waals surface area (Å²) in [5.41, 5.74) is 8.65. The summed E-state index contributed by atoms with van der Waals surface area (Å²) in [6.45, 7) is 4.15. The number of rotatable bonds is 6. The first-order valence-corrected chi connectivity index (χ1v) is 13.0. The molecule has 1 aromatic carbocycles. The minimum atomic E-state index is -0.987. The Morgan fingerprint density at radius 3 is 2.57 bits per heavy atom. The van der Waals surface area contributed by atoms with Crippen LogP contribution >= 0.6 is 0 Å². The molecule has 2 aromatic heterocycles. The Labute approximate surface area is 216 Å². The number of anilines is 1. The molecule has 3 aliphatic rings. The second-order valence-electron chi connectivity index (χ2n) is 10.5. The summed E-state index contributed by atoms with van der Waals surface area (Å²) in [6.07, 6.45) is 9.25. The van der Waals surface area contributed by atoms with E-state index < -0.39 is 5.60 Å². The molecule has 37 heavy (non-hydrogen) atoms. The van der Waals surface area contributed by atoms with Gasteiger partial charge in [0.15, 0.2) is 11.6 Å². The van der Waals surface area contributed by atoms with Crippen LogP contribution in [0.3, 0.4) is 0 Å². The Kier molecular flexibility index (Phi) is 6.58. The van der Waals surface area contributed by atoms with Crippen LogP contribution in [0.2, 0.25) is 0 Å². The number of ether oxygens (including phenoxy) is 3. The second kappa shape index (κ2) is 10.0. The molecule has 3 fully saturated rings. The van der Waals surface area contributed by atoms with Gasteiger partial charge in [-0.1, -0.05) is 6.07 Å². The van der Waals surface area contributed by atoms with Crippen LogP contribution in [0.1, 0.15) is 48.8 Å². The van der Waals surface area contributed by atoms with Crippen LogP contribution in [0.5, 0.6) is 11.6 Å². The van der Waals surface area contributed by atoms with Gasteiger partial charge in [0.05, 0.1) is 43.5 Å². The van der Waals surface area contributed by atoms with Gasteiger partial charge in [0.1, 0.15) is 5.60 Å². The summed E-state index contributed by atoms with van der Waals surface area (Å²) in [4.78, 5) is 11.4. The van der Waals surface area contributed by atoms with Gasteiger partial charge < -0.3 is 30.0 Å². The molecule has 0 saturated carbocycles.